The van der Waals surface area contributed by atoms with E-state index in [2.05, 4.69) is 4.98 Å². The van der Waals surface area contributed by atoms with Crippen molar-refractivity contribution in [3.8, 4) is 16.3 Å². The van der Waals surface area contributed by atoms with E-state index in [-0.39, 0.29) is 12.6 Å². The first-order valence-corrected chi connectivity index (χ1v) is 7.92. The first-order valence-electron chi connectivity index (χ1n) is 7.04. The van der Waals surface area contributed by atoms with Crippen LogP contribution in [0.25, 0.3) is 10.6 Å². The van der Waals surface area contributed by atoms with Crippen LogP contribution in [-0.4, -0.2) is 22.6 Å². The largest absolute Gasteiger partial charge is 0.497 e. The van der Waals surface area contributed by atoms with Crippen LogP contribution in [0.5, 0.6) is 5.75 Å². The summed E-state index contributed by atoms with van der Waals surface area (Å²) in [6.45, 7) is 0.163. The van der Waals surface area contributed by atoms with Gasteiger partial charge in [0.15, 0.2) is 0 Å². The lowest BCUT2D eigenvalue weighted by Gasteiger charge is -2.03. The van der Waals surface area contributed by atoms with E-state index in [0.717, 1.165) is 22.0 Å². The van der Waals surface area contributed by atoms with E-state index >= 15 is 0 Å². The molecular weight excluding hydrogens is 312 g/mol. The third-order valence-corrected chi connectivity index (χ3v) is 4.33. The summed E-state index contributed by atoms with van der Waals surface area (Å²) in [5, 5.41) is 2.79. The average Bonchev–Trinajstić information content (AvgIpc) is 3.22. The van der Waals surface area contributed by atoms with Gasteiger partial charge in [-0.15, -0.1) is 11.3 Å². The van der Waals surface area contributed by atoms with Crippen LogP contribution in [0.2, 0.25) is 0 Å². The maximum Gasteiger partial charge on any atom is 0.355 e. The van der Waals surface area contributed by atoms with Gasteiger partial charge < -0.3 is 14.0 Å². The molecule has 0 aliphatic carbocycles. The van der Waals surface area contributed by atoms with Crippen molar-refractivity contribution in [2.75, 3.05) is 7.11 Å². The summed E-state index contributed by atoms with van der Waals surface area (Å²) in [6.07, 6.45) is 1.81. The van der Waals surface area contributed by atoms with Gasteiger partial charge in [0.25, 0.3) is 0 Å². The molecule has 6 heteroatoms. The second-order valence-corrected chi connectivity index (χ2v) is 5.81. The molecule has 0 bridgehead atoms. The highest BCUT2D eigenvalue weighted by Crippen LogP contribution is 2.26. The van der Waals surface area contributed by atoms with Gasteiger partial charge in [-0.3, -0.25) is 0 Å². The van der Waals surface area contributed by atoms with E-state index in [1.807, 2.05) is 29.6 Å². The number of esters is 1. The normalized spacial score (nSPS) is 10.5. The van der Waals surface area contributed by atoms with Gasteiger partial charge in [-0.05, 0) is 36.4 Å². The molecule has 23 heavy (non-hydrogen) atoms. The average molecular weight is 328 g/mol. The van der Waals surface area contributed by atoms with E-state index in [0.29, 0.717) is 5.69 Å². The van der Waals surface area contributed by atoms with Gasteiger partial charge in [0.1, 0.15) is 23.1 Å². The number of ether oxygens (including phenoxy) is 2. The SMILES string of the molecule is COc1ccc(-c2nc(COC(=O)c3cccn3C)cs2)cc1. The van der Waals surface area contributed by atoms with Crippen LogP contribution >= 0.6 is 11.3 Å². The first kappa shape index (κ1) is 15.3. The Balaban J connectivity index is 1.65. The molecule has 118 valence electrons. The Morgan fingerprint density at radius 2 is 2.04 bits per heavy atom. The van der Waals surface area contributed by atoms with Crippen molar-refractivity contribution in [1.29, 1.82) is 0 Å². The summed E-state index contributed by atoms with van der Waals surface area (Å²) in [5.41, 5.74) is 2.27. The van der Waals surface area contributed by atoms with Crippen molar-refractivity contribution in [3.05, 3.63) is 59.4 Å². The van der Waals surface area contributed by atoms with Gasteiger partial charge in [0, 0.05) is 24.2 Å². The number of aromatic nitrogens is 2. The van der Waals surface area contributed by atoms with Crippen molar-refractivity contribution in [1.82, 2.24) is 9.55 Å². The fourth-order valence-electron chi connectivity index (χ4n) is 2.13. The maximum absolute atomic E-state index is 12.0. The molecule has 2 aromatic heterocycles. The molecule has 0 aliphatic rings. The molecular formula is C17H16N2O3S. The second kappa shape index (κ2) is 6.66. The fourth-order valence-corrected chi connectivity index (χ4v) is 2.94. The lowest BCUT2D eigenvalue weighted by atomic mass is 10.2. The molecule has 2 heterocycles. The summed E-state index contributed by atoms with van der Waals surface area (Å²) in [7, 11) is 3.44. The lowest BCUT2D eigenvalue weighted by Crippen LogP contribution is -2.09. The number of hydrogen-bond donors (Lipinski definition) is 0. The molecule has 0 saturated heterocycles. The van der Waals surface area contributed by atoms with Gasteiger partial charge in [0.05, 0.1) is 12.8 Å². The number of thiazole rings is 1. The summed E-state index contributed by atoms with van der Waals surface area (Å²) < 4.78 is 12.2. The molecule has 0 unspecified atom stereocenters. The molecule has 0 amide bonds. The van der Waals surface area contributed by atoms with E-state index in [4.69, 9.17) is 9.47 Å². The molecule has 0 N–H and O–H groups in total. The number of aryl methyl sites for hydroxylation is 1. The van der Waals surface area contributed by atoms with E-state index < -0.39 is 0 Å². The Hall–Kier alpha value is -2.60. The van der Waals surface area contributed by atoms with Gasteiger partial charge in [0.2, 0.25) is 0 Å². The molecule has 0 saturated carbocycles. The van der Waals surface area contributed by atoms with Gasteiger partial charge in [-0.25, -0.2) is 9.78 Å². The third kappa shape index (κ3) is 3.43. The lowest BCUT2D eigenvalue weighted by molar-refractivity contribution is 0.0457. The van der Waals surface area contributed by atoms with Crippen molar-refractivity contribution in [2.24, 2.45) is 7.05 Å². The Bertz CT molecular complexity index is 805. The highest BCUT2D eigenvalue weighted by molar-refractivity contribution is 7.13. The maximum atomic E-state index is 12.0. The predicted molar refractivity (Wildman–Crippen MR) is 88.6 cm³/mol. The summed E-state index contributed by atoms with van der Waals surface area (Å²) in [5.74, 6) is 0.457. The predicted octanol–water partition coefficient (Wildman–Crippen LogP) is 3.51. The number of hydrogen-bond acceptors (Lipinski definition) is 5. The minimum absolute atomic E-state index is 0.163. The zero-order chi connectivity index (χ0) is 16.2. The topological polar surface area (TPSA) is 53.4 Å². The molecule has 0 atom stereocenters. The van der Waals surface area contributed by atoms with Crippen LogP contribution in [0.15, 0.2) is 48.0 Å². The van der Waals surface area contributed by atoms with Crippen LogP contribution in [0.1, 0.15) is 16.2 Å². The van der Waals surface area contributed by atoms with E-state index in [1.165, 1.54) is 11.3 Å². The minimum atomic E-state index is -0.350. The summed E-state index contributed by atoms with van der Waals surface area (Å²) in [6, 6.07) is 11.2. The van der Waals surface area contributed by atoms with Crippen LogP contribution < -0.4 is 4.74 Å². The molecule has 0 radical (unpaired) electrons. The highest BCUT2D eigenvalue weighted by Gasteiger charge is 2.12. The number of carbonyl (C=O) groups is 1. The Labute approximate surface area is 138 Å². The number of nitrogens with zero attached hydrogens (tertiary/aromatic N) is 2. The molecule has 5 nitrogen and oxygen atoms in total. The molecule has 1 aromatic carbocycles. The quantitative estimate of drug-likeness (QED) is 0.673. The molecule has 0 fully saturated rings. The monoisotopic (exact) mass is 328 g/mol. The molecule has 0 spiro atoms. The summed E-state index contributed by atoms with van der Waals surface area (Å²) >= 11 is 1.52. The van der Waals surface area contributed by atoms with E-state index in [9.17, 15) is 4.79 Å². The number of rotatable bonds is 5. The van der Waals surface area contributed by atoms with Crippen molar-refractivity contribution < 1.29 is 14.3 Å². The van der Waals surface area contributed by atoms with Gasteiger partial charge >= 0.3 is 5.97 Å². The van der Waals surface area contributed by atoms with Crippen molar-refractivity contribution >= 4 is 17.3 Å². The minimum Gasteiger partial charge on any atom is -0.497 e. The van der Waals surface area contributed by atoms with Crippen LogP contribution in [-0.2, 0) is 18.4 Å². The zero-order valence-electron chi connectivity index (χ0n) is 12.9. The van der Waals surface area contributed by atoms with Gasteiger partial charge in [-0.1, -0.05) is 0 Å². The van der Waals surface area contributed by atoms with Crippen LogP contribution in [0, 0.1) is 0 Å². The van der Waals surface area contributed by atoms with Crippen molar-refractivity contribution in [3.63, 3.8) is 0 Å². The van der Waals surface area contributed by atoms with Crippen LogP contribution in [0.3, 0.4) is 0 Å². The fraction of sp³-hybridized carbons (Fsp3) is 0.176. The Morgan fingerprint density at radius 3 is 2.70 bits per heavy atom. The number of benzene rings is 1. The zero-order valence-corrected chi connectivity index (χ0v) is 13.7. The molecule has 3 aromatic rings. The number of carbonyl (C=O) groups excluding carboxylic acids is 1. The molecule has 3 rings (SSSR count). The Morgan fingerprint density at radius 1 is 1.26 bits per heavy atom. The van der Waals surface area contributed by atoms with E-state index in [1.54, 1.807) is 37.1 Å². The van der Waals surface area contributed by atoms with Crippen LogP contribution in [0.4, 0.5) is 0 Å². The second-order valence-electron chi connectivity index (χ2n) is 4.95. The molecule has 0 aliphatic heterocycles. The Kier molecular flexibility index (Phi) is 4.43. The smallest absolute Gasteiger partial charge is 0.355 e. The highest BCUT2D eigenvalue weighted by atomic mass is 32.1. The van der Waals surface area contributed by atoms with Crippen molar-refractivity contribution in [2.45, 2.75) is 6.61 Å². The third-order valence-electron chi connectivity index (χ3n) is 3.39. The first-order chi connectivity index (χ1) is 11.2. The standard InChI is InChI=1S/C17H16N2O3S/c1-19-9-3-4-15(19)17(20)22-10-13-11-23-16(18-13)12-5-7-14(21-2)8-6-12/h3-9,11H,10H2,1-2H3. The number of methoxy groups -OCH3 is 1. The van der Waals surface area contributed by atoms with Gasteiger partial charge in [-0.2, -0.15) is 0 Å². The summed E-state index contributed by atoms with van der Waals surface area (Å²) in [4.78, 5) is 16.5.